The van der Waals surface area contributed by atoms with Crippen molar-refractivity contribution in [3.05, 3.63) is 70.2 Å². The Morgan fingerprint density at radius 1 is 1.25 bits per heavy atom. The molecule has 0 spiro atoms. The number of piperazine rings is 2. The first-order valence-corrected chi connectivity index (χ1v) is 12.2. The molecule has 6 rings (SSSR count). The second-order valence-corrected chi connectivity index (χ2v) is 9.70. The summed E-state index contributed by atoms with van der Waals surface area (Å²) in [6.07, 6.45) is 4.93. The molecule has 1 aliphatic carbocycles. The summed E-state index contributed by atoms with van der Waals surface area (Å²) < 4.78 is 15.5. The zero-order valence-electron chi connectivity index (χ0n) is 19.9. The maximum Gasteiger partial charge on any atom is 0.230 e. The molecule has 1 aromatic carbocycles. The van der Waals surface area contributed by atoms with Crippen molar-refractivity contribution in [2.75, 3.05) is 32.7 Å². The number of halogens is 1. The van der Waals surface area contributed by atoms with Gasteiger partial charge in [0.1, 0.15) is 12.1 Å². The van der Waals surface area contributed by atoms with Crippen LogP contribution in [0.4, 0.5) is 10.1 Å². The van der Waals surface area contributed by atoms with Crippen LogP contribution in [0.15, 0.2) is 30.7 Å². The highest BCUT2D eigenvalue weighted by Crippen LogP contribution is 2.36. The third-order valence-electron chi connectivity index (χ3n) is 7.81. The first-order valence-electron chi connectivity index (χ1n) is 12.2. The highest BCUT2D eigenvalue weighted by Gasteiger charge is 2.39. The third kappa shape index (κ3) is 3.83. The molecule has 2 aromatic heterocycles. The van der Waals surface area contributed by atoms with Crippen LogP contribution in [0.5, 0.6) is 0 Å². The van der Waals surface area contributed by atoms with E-state index in [2.05, 4.69) is 35.6 Å². The van der Waals surface area contributed by atoms with Crippen LogP contribution in [0.25, 0.3) is 10.7 Å². The second kappa shape index (κ2) is 9.04. The summed E-state index contributed by atoms with van der Waals surface area (Å²) in [4.78, 5) is 25.8. The largest absolute Gasteiger partial charge is 0.339 e. The Labute approximate surface area is 207 Å². The summed E-state index contributed by atoms with van der Waals surface area (Å²) in [5.74, 6) is 0.189. The quantitative estimate of drug-likeness (QED) is 0.564. The van der Waals surface area contributed by atoms with Gasteiger partial charge in [0.2, 0.25) is 11.6 Å². The summed E-state index contributed by atoms with van der Waals surface area (Å²) in [6.45, 7) is 12.8. The van der Waals surface area contributed by atoms with Crippen molar-refractivity contribution < 1.29 is 9.18 Å². The van der Waals surface area contributed by atoms with Gasteiger partial charge in [0, 0.05) is 51.0 Å². The number of pyridine rings is 1. The molecule has 2 saturated heterocycles. The van der Waals surface area contributed by atoms with Gasteiger partial charge in [-0.1, -0.05) is 6.07 Å². The molecule has 3 aromatic rings. The number of fused-ring (bicyclic) bond motifs is 2. The van der Waals surface area contributed by atoms with Crippen molar-refractivity contribution in [2.45, 2.75) is 37.8 Å². The predicted octanol–water partition coefficient (Wildman–Crippen LogP) is 1.94. The number of nitrogens with one attached hydrogen (secondary N) is 1. The lowest BCUT2D eigenvalue weighted by Crippen LogP contribution is -2.62. The molecule has 1 N–H and O–H groups in total. The molecule has 2 fully saturated rings. The molecule has 0 radical (unpaired) electrons. The summed E-state index contributed by atoms with van der Waals surface area (Å²) in [5, 5.41) is 14.8. The van der Waals surface area contributed by atoms with E-state index in [-0.39, 0.29) is 29.6 Å². The van der Waals surface area contributed by atoms with Gasteiger partial charge >= 0.3 is 0 Å². The Morgan fingerprint density at radius 3 is 2.94 bits per heavy atom. The number of benzene rings is 1. The number of hydrogen-bond donors (Lipinski definition) is 1. The van der Waals surface area contributed by atoms with Crippen LogP contribution < -0.4 is 5.32 Å². The van der Waals surface area contributed by atoms with Crippen molar-refractivity contribution in [2.24, 2.45) is 0 Å². The van der Waals surface area contributed by atoms with Crippen molar-refractivity contribution in [1.82, 2.24) is 40.3 Å². The van der Waals surface area contributed by atoms with Gasteiger partial charge in [-0.25, -0.2) is 14.2 Å². The number of hydrogen-bond acceptors (Lipinski definition) is 7. The van der Waals surface area contributed by atoms with Crippen molar-refractivity contribution in [3.8, 4) is 5.82 Å². The van der Waals surface area contributed by atoms with Crippen LogP contribution in [0, 0.1) is 19.3 Å². The third-order valence-corrected chi connectivity index (χ3v) is 7.81. The standard InChI is InChI=1S/C25H26FN9O/c1-15-18(5-6-21(26)24(15)27-2)22-13-33-7-8-34(12-17(33)10-28-22)25(36)19-4-3-16-9-23(29-11-20(16)19)35-14-30-31-32-35/h5-6,9,11,14,17,19,22,28H,3-4,7-8,10,12-13H2,1H3/t17-,19?,22-/m1/s1. The van der Waals surface area contributed by atoms with Crippen molar-refractivity contribution in [1.29, 1.82) is 0 Å². The normalized spacial score (nSPS) is 23.7. The summed E-state index contributed by atoms with van der Waals surface area (Å²) in [7, 11) is 0. The van der Waals surface area contributed by atoms with Gasteiger partial charge in [0.15, 0.2) is 5.82 Å². The number of tetrazole rings is 1. The van der Waals surface area contributed by atoms with Gasteiger partial charge in [-0.3, -0.25) is 9.69 Å². The lowest BCUT2D eigenvalue weighted by atomic mass is 9.95. The van der Waals surface area contributed by atoms with Crippen molar-refractivity contribution in [3.63, 3.8) is 0 Å². The monoisotopic (exact) mass is 487 g/mol. The Morgan fingerprint density at radius 2 is 2.14 bits per heavy atom. The fourth-order valence-corrected chi connectivity index (χ4v) is 5.86. The van der Waals surface area contributed by atoms with E-state index in [1.165, 1.54) is 17.1 Å². The van der Waals surface area contributed by atoms with E-state index < -0.39 is 5.82 Å². The SMILES string of the molecule is [C-]#[N+]c1c(F)ccc([C@H]2CN3CCN(C(=O)C4CCc5cc(-n6cnnn6)ncc54)C[C@H]3CN2)c1C. The maximum atomic E-state index is 14.0. The molecule has 184 valence electrons. The van der Waals surface area contributed by atoms with Gasteiger partial charge in [0.25, 0.3) is 0 Å². The molecule has 1 amide bonds. The van der Waals surface area contributed by atoms with Crippen LogP contribution in [-0.2, 0) is 11.2 Å². The second-order valence-electron chi connectivity index (χ2n) is 9.70. The number of aromatic nitrogens is 5. The number of carbonyl (C=O) groups is 1. The molecule has 3 aliphatic rings. The fourth-order valence-electron chi connectivity index (χ4n) is 5.86. The number of carbonyl (C=O) groups excluding carboxylic acids is 1. The van der Waals surface area contributed by atoms with Crippen LogP contribution in [0.1, 0.15) is 40.6 Å². The Bertz CT molecular complexity index is 1350. The molecule has 36 heavy (non-hydrogen) atoms. The van der Waals surface area contributed by atoms with Crippen LogP contribution >= 0.6 is 0 Å². The number of rotatable bonds is 3. The van der Waals surface area contributed by atoms with Gasteiger partial charge in [0.05, 0.1) is 12.5 Å². The minimum absolute atomic E-state index is 0.0340. The minimum atomic E-state index is -0.470. The average molecular weight is 488 g/mol. The number of aryl methyl sites for hydroxylation is 1. The van der Waals surface area contributed by atoms with E-state index in [0.717, 1.165) is 49.2 Å². The first-order chi connectivity index (χ1) is 17.5. The van der Waals surface area contributed by atoms with Gasteiger partial charge in [-0.2, -0.15) is 4.68 Å². The van der Waals surface area contributed by atoms with E-state index in [9.17, 15) is 9.18 Å². The first kappa shape index (κ1) is 22.7. The molecule has 0 bridgehead atoms. The van der Waals surface area contributed by atoms with E-state index in [0.29, 0.717) is 24.5 Å². The highest BCUT2D eigenvalue weighted by atomic mass is 19.1. The Kier molecular flexibility index (Phi) is 5.70. The molecular formula is C25H26FN9O. The van der Waals surface area contributed by atoms with Crippen molar-refractivity contribution >= 4 is 11.6 Å². The molecular weight excluding hydrogens is 461 g/mol. The maximum absolute atomic E-state index is 14.0. The van der Waals surface area contributed by atoms with E-state index in [1.807, 2.05) is 17.9 Å². The molecule has 4 heterocycles. The molecule has 3 atom stereocenters. The van der Waals surface area contributed by atoms with Crippen LogP contribution in [-0.4, -0.2) is 79.7 Å². The molecule has 11 heteroatoms. The molecule has 0 saturated carbocycles. The van der Waals surface area contributed by atoms with Crippen LogP contribution in [0.3, 0.4) is 0 Å². The molecule has 2 aliphatic heterocycles. The highest BCUT2D eigenvalue weighted by molar-refractivity contribution is 5.85. The molecule has 10 nitrogen and oxygen atoms in total. The smallest absolute Gasteiger partial charge is 0.230 e. The predicted molar refractivity (Wildman–Crippen MR) is 128 cm³/mol. The van der Waals surface area contributed by atoms with Gasteiger partial charge < -0.3 is 10.2 Å². The van der Waals surface area contributed by atoms with E-state index >= 15 is 0 Å². The summed E-state index contributed by atoms with van der Waals surface area (Å²) in [6, 6.07) is 5.40. The zero-order valence-corrected chi connectivity index (χ0v) is 19.9. The minimum Gasteiger partial charge on any atom is -0.339 e. The number of amides is 1. The van der Waals surface area contributed by atoms with Crippen LogP contribution in [0.2, 0.25) is 0 Å². The van der Waals surface area contributed by atoms with Gasteiger partial charge in [-0.15, -0.1) is 5.10 Å². The summed E-state index contributed by atoms with van der Waals surface area (Å²) >= 11 is 0. The van der Waals surface area contributed by atoms with E-state index in [1.54, 1.807) is 12.3 Å². The Balaban J connectivity index is 1.12. The Hall–Kier alpha value is -3.75. The average Bonchev–Trinajstić information content (AvgIpc) is 3.58. The topological polar surface area (TPSA) is 96.4 Å². The van der Waals surface area contributed by atoms with E-state index in [4.69, 9.17) is 6.57 Å². The zero-order chi connectivity index (χ0) is 24.8. The lowest BCUT2D eigenvalue weighted by molar-refractivity contribution is -0.136. The van der Waals surface area contributed by atoms with Gasteiger partial charge in [-0.05, 0) is 64.6 Å². The number of nitrogens with zero attached hydrogens (tertiary/aromatic N) is 8. The lowest BCUT2D eigenvalue weighted by Gasteiger charge is -2.47. The fraction of sp³-hybridized carbons (Fsp3) is 0.440. The summed E-state index contributed by atoms with van der Waals surface area (Å²) in [5.41, 5.74) is 3.90. The molecule has 1 unspecified atom stereocenters.